The topological polar surface area (TPSA) is 105 Å². The third-order valence-electron chi connectivity index (χ3n) is 2.39. The molecule has 2 N–H and O–H groups in total. The van der Waals surface area contributed by atoms with Crippen LogP contribution in [-0.2, 0) is 0 Å². The van der Waals surface area contributed by atoms with Crippen molar-refractivity contribution >= 4 is 29.2 Å². The monoisotopic (exact) mass is 285 g/mol. The average Bonchev–Trinajstić information content (AvgIpc) is 2.36. The van der Waals surface area contributed by atoms with Gasteiger partial charge in [0.05, 0.1) is 4.92 Å². The molecule has 1 rings (SSSR count). The van der Waals surface area contributed by atoms with Gasteiger partial charge < -0.3 is 10.4 Å². The zero-order chi connectivity index (χ0) is 14.4. The number of aromatic nitrogens is 1. The smallest absolute Gasteiger partial charge is 0.342 e. The van der Waals surface area contributed by atoms with Gasteiger partial charge in [-0.15, -0.1) is 0 Å². The van der Waals surface area contributed by atoms with E-state index in [-0.39, 0.29) is 5.56 Å². The first-order chi connectivity index (χ1) is 8.95. The molecule has 0 spiro atoms. The molecule has 0 radical (unpaired) electrons. The lowest BCUT2D eigenvalue weighted by atomic mass is 10.2. The molecule has 19 heavy (non-hydrogen) atoms. The van der Waals surface area contributed by atoms with Gasteiger partial charge in [0.2, 0.25) is 0 Å². The van der Waals surface area contributed by atoms with E-state index in [4.69, 9.17) is 5.11 Å². The van der Waals surface area contributed by atoms with Crippen molar-refractivity contribution in [1.82, 2.24) is 4.98 Å². The van der Waals surface area contributed by atoms with Crippen LogP contribution < -0.4 is 5.32 Å². The highest BCUT2D eigenvalue weighted by atomic mass is 32.2. The summed E-state index contributed by atoms with van der Waals surface area (Å²) in [5, 5.41) is 22.6. The van der Waals surface area contributed by atoms with Gasteiger partial charge in [-0.05, 0) is 17.9 Å². The van der Waals surface area contributed by atoms with E-state index in [1.54, 1.807) is 11.8 Å². The fraction of sp³-hybridized carbons (Fsp3) is 0.455. The summed E-state index contributed by atoms with van der Waals surface area (Å²) >= 11 is 1.72. The largest absolute Gasteiger partial charge is 0.477 e. The summed E-state index contributed by atoms with van der Waals surface area (Å²) in [5.41, 5.74) is -0.866. The maximum atomic E-state index is 11.0. The molecule has 1 aromatic heterocycles. The molecule has 104 valence electrons. The molecule has 0 aromatic carbocycles. The van der Waals surface area contributed by atoms with Gasteiger partial charge >= 0.3 is 11.7 Å². The summed E-state index contributed by atoms with van der Waals surface area (Å²) in [5.74, 6) is 0.344. The molecule has 0 aliphatic carbocycles. The van der Waals surface area contributed by atoms with Crippen molar-refractivity contribution in [3.63, 3.8) is 0 Å². The van der Waals surface area contributed by atoms with Gasteiger partial charge in [-0.2, -0.15) is 11.8 Å². The van der Waals surface area contributed by atoms with E-state index in [0.29, 0.717) is 18.3 Å². The molecule has 1 unspecified atom stereocenters. The Hall–Kier alpha value is -1.83. The normalized spacial score (nSPS) is 11.9. The summed E-state index contributed by atoms with van der Waals surface area (Å²) in [6.07, 6.45) is 2.97. The second-order valence-corrected chi connectivity index (χ2v) is 5.00. The molecular formula is C11H15N3O4S. The number of pyridine rings is 1. The predicted molar refractivity (Wildman–Crippen MR) is 73.9 cm³/mol. The lowest BCUT2D eigenvalue weighted by molar-refractivity contribution is -0.385. The van der Waals surface area contributed by atoms with Crippen LogP contribution in [0.2, 0.25) is 0 Å². The van der Waals surface area contributed by atoms with Crippen molar-refractivity contribution in [2.24, 2.45) is 5.92 Å². The van der Waals surface area contributed by atoms with Gasteiger partial charge in [0.15, 0.2) is 0 Å². The molecule has 8 heteroatoms. The second-order valence-electron chi connectivity index (χ2n) is 4.09. The first kappa shape index (κ1) is 15.2. The second kappa shape index (κ2) is 6.93. The van der Waals surface area contributed by atoms with Crippen LogP contribution in [-0.4, -0.2) is 39.5 Å². The number of hydrogen-bond acceptors (Lipinski definition) is 6. The van der Waals surface area contributed by atoms with Gasteiger partial charge in [-0.1, -0.05) is 6.92 Å². The quantitative estimate of drug-likeness (QED) is 0.583. The van der Waals surface area contributed by atoms with Crippen molar-refractivity contribution in [3.8, 4) is 0 Å². The number of hydrogen-bond donors (Lipinski definition) is 2. The Balaban J connectivity index is 2.84. The predicted octanol–water partition coefficient (Wildman–Crippen LogP) is 2.10. The number of aromatic carboxylic acids is 1. The highest BCUT2D eigenvalue weighted by Gasteiger charge is 2.21. The highest BCUT2D eigenvalue weighted by molar-refractivity contribution is 7.98. The number of nitro groups is 1. The van der Waals surface area contributed by atoms with E-state index in [2.05, 4.69) is 10.3 Å². The number of rotatable bonds is 7. The number of thioether (sulfide) groups is 1. The lowest BCUT2D eigenvalue weighted by Crippen LogP contribution is -2.15. The van der Waals surface area contributed by atoms with Crippen molar-refractivity contribution in [2.45, 2.75) is 6.92 Å². The third-order valence-corrected chi connectivity index (χ3v) is 3.30. The Bertz CT molecular complexity index is 481. The minimum Gasteiger partial charge on any atom is -0.477 e. The van der Waals surface area contributed by atoms with Crippen LogP contribution in [0.1, 0.15) is 17.3 Å². The number of carbonyl (C=O) groups is 1. The van der Waals surface area contributed by atoms with Crippen LogP contribution >= 0.6 is 11.8 Å². The van der Waals surface area contributed by atoms with E-state index in [9.17, 15) is 14.9 Å². The molecule has 0 aliphatic rings. The molecule has 0 fully saturated rings. The lowest BCUT2D eigenvalue weighted by Gasteiger charge is -2.11. The summed E-state index contributed by atoms with van der Waals surface area (Å²) in [6, 6.07) is 1.19. The number of nitrogens with zero attached hydrogens (tertiary/aromatic N) is 2. The van der Waals surface area contributed by atoms with E-state index in [1.165, 1.54) is 6.07 Å². The van der Waals surface area contributed by atoms with Crippen molar-refractivity contribution in [1.29, 1.82) is 0 Å². The van der Waals surface area contributed by atoms with Crippen LogP contribution in [0.25, 0.3) is 0 Å². The first-order valence-corrected chi connectivity index (χ1v) is 6.95. The minimum atomic E-state index is -1.34. The molecule has 1 heterocycles. The Morgan fingerprint density at radius 1 is 1.68 bits per heavy atom. The molecule has 0 saturated carbocycles. The maximum absolute atomic E-state index is 11.0. The van der Waals surface area contributed by atoms with Gasteiger partial charge in [0, 0.05) is 12.6 Å². The summed E-state index contributed by atoms with van der Waals surface area (Å²) in [4.78, 5) is 24.7. The van der Waals surface area contributed by atoms with Crippen LogP contribution in [0.5, 0.6) is 0 Å². The van der Waals surface area contributed by atoms with Crippen LogP contribution in [0.15, 0.2) is 12.3 Å². The SMILES string of the molecule is CSCC(C)CNc1cc(C(=O)O)c([N+](=O)[O-])cn1. The average molecular weight is 285 g/mol. The van der Waals surface area contributed by atoms with E-state index >= 15 is 0 Å². The van der Waals surface area contributed by atoms with Crippen molar-refractivity contribution in [2.75, 3.05) is 23.9 Å². The molecular weight excluding hydrogens is 270 g/mol. The Morgan fingerprint density at radius 3 is 2.89 bits per heavy atom. The van der Waals surface area contributed by atoms with Gasteiger partial charge in [-0.25, -0.2) is 9.78 Å². The van der Waals surface area contributed by atoms with Gasteiger partial charge in [0.25, 0.3) is 0 Å². The standard InChI is InChI=1S/C11H15N3O4S/c1-7(6-19-2)4-12-10-3-8(11(15)16)9(5-13-10)14(17)18/h3,5,7H,4,6H2,1-2H3,(H,12,13)(H,15,16). The van der Waals surface area contributed by atoms with Crippen molar-refractivity contribution < 1.29 is 14.8 Å². The summed E-state index contributed by atoms with van der Waals surface area (Å²) < 4.78 is 0. The Kier molecular flexibility index (Phi) is 5.56. The number of anilines is 1. The maximum Gasteiger partial charge on any atom is 0.342 e. The van der Waals surface area contributed by atoms with E-state index in [0.717, 1.165) is 11.9 Å². The van der Waals surface area contributed by atoms with E-state index in [1.807, 2.05) is 13.2 Å². The molecule has 0 amide bonds. The minimum absolute atomic E-state index is 0.330. The third kappa shape index (κ3) is 4.40. The highest BCUT2D eigenvalue weighted by Crippen LogP contribution is 2.20. The first-order valence-electron chi connectivity index (χ1n) is 5.56. The molecule has 1 aromatic rings. The Labute approximate surface area is 114 Å². The van der Waals surface area contributed by atoms with Crippen LogP contribution in [0.3, 0.4) is 0 Å². The molecule has 7 nitrogen and oxygen atoms in total. The molecule has 0 saturated heterocycles. The Morgan fingerprint density at radius 2 is 2.37 bits per heavy atom. The van der Waals surface area contributed by atoms with Crippen molar-refractivity contribution in [3.05, 3.63) is 27.9 Å². The van der Waals surface area contributed by atoms with Crippen LogP contribution in [0.4, 0.5) is 11.5 Å². The number of carboxylic acid groups (broad SMARTS) is 1. The van der Waals surface area contributed by atoms with Gasteiger partial charge in [-0.3, -0.25) is 10.1 Å². The molecule has 0 bridgehead atoms. The van der Waals surface area contributed by atoms with Crippen LogP contribution in [0, 0.1) is 16.0 Å². The zero-order valence-electron chi connectivity index (χ0n) is 10.6. The van der Waals surface area contributed by atoms with Gasteiger partial charge in [0.1, 0.15) is 17.6 Å². The van der Waals surface area contributed by atoms with E-state index < -0.39 is 16.6 Å². The fourth-order valence-corrected chi connectivity index (χ4v) is 2.17. The fourth-order valence-electron chi connectivity index (χ4n) is 1.48. The number of nitrogens with one attached hydrogen (secondary N) is 1. The molecule has 1 atom stereocenters. The molecule has 0 aliphatic heterocycles. The summed E-state index contributed by atoms with van der Waals surface area (Å²) in [7, 11) is 0. The summed E-state index contributed by atoms with van der Waals surface area (Å²) in [6.45, 7) is 2.68. The number of carboxylic acids is 1. The zero-order valence-corrected chi connectivity index (χ0v) is 11.4.